The van der Waals surface area contributed by atoms with E-state index in [0.717, 1.165) is 0 Å². The zero-order valence-electron chi connectivity index (χ0n) is 10.5. The summed E-state index contributed by atoms with van der Waals surface area (Å²) in [4.78, 5) is 11.8. The van der Waals surface area contributed by atoms with Gasteiger partial charge in [0, 0.05) is 0 Å². The summed E-state index contributed by atoms with van der Waals surface area (Å²) in [5.74, 6) is -0.146. The zero-order chi connectivity index (χ0) is 12.1. The van der Waals surface area contributed by atoms with Crippen LogP contribution in [0.3, 0.4) is 0 Å². The Labute approximate surface area is 92.2 Å². The highest BCUT2D eigenvalue weighted by atomic mass is 19.1. The molecule has 0 radical (unpaired) electrons. The molecule has 0 fully saturated rings. The van der Waals surface area contributed by atoms with E-state index in [1.54, 1.807) is 6.92 Å². The van der Waals surface area contributed by atoms with Gasteiger partial charge in [-0.05, 0) is 25.2 Å². The molecule has 0 aromatic heterocycles. The van der Waals surface area contributed by atoms with E-state index in [1.165, 1.54) is 0 Å². The maximum atomic E-state index is 13.2. The molecule has 2 nitrogen and oxygen atoms in total. The van der Waals surface area contributed by atoms with Crippen LogP contribution >= 0.6 is 0 Å². The largest absolute Gasteiger partial charge is 0.465 e. The van der Waals surface area contributed by atoms with Gasteiger partial charge in [-0.1, -0.05) is 27.7 Å². The molecule has 0 rings (SSSR count). The second-order valence-electron chi connectivity index (χ2n) is 4.76. The molecule has 15 heavy (non-hydrogen) atoms. The van der Waals surface area contributed by atoms with Gasteiger partial charge in [0.25, 0.3) is 0 Å². The van der Waals surface area contributed by atoms with Crippen LogP contribution in [0.15, 0.2) is 0 Å². The van der Waals surface area contributed by atoms with Gasteiger partial charge in [-0.15, -0.1) is 0 Å². The van der Waals surface area contributed by atoms with Gasteiger partial charge in [-0.25, -0.2) is 4.39 Å². The molecule has 1 unspecified atom stereocenters. The lowest BCUT2D eigenvalue weighted by atomic mass is 9.72. The van der Waals surface area contributed by atoms with Gasteiger partial charge in [0.1, 0.15) is 6.67 Å². The van der Waals surface area contributed by atoms with Gasteiger partial charge >= 0.3 is 5.97 Å². The summed E-state index contributed by atoms with van der Waals surface area (Å²) in [6, 6.07) is 0. The van der Waals surface area contributed by atoms with Crippen LogP contribution in [0.1, 0.15) is 41.0 Å². The Hall–Kier alpha value is -0.600. The summed E-state index contributed by atoms with van der Waals surface area (Å²) in [5.41, 5.74) is -0.954. The van der Waals surface area contributed by atoms with Crippen molar-refractivity contribution in [2.24, 2.45) is 17.3 Å². The molecular formula is C12H23FO2. The standard InChI is InChI=1S/C12H23FO2/c1-6-15-11(14)12(8-13,10(4)5)7-9(2)3/h9-10H,6-8H2,1-5H3. The predicted octanol–water partition coefficient (Wildman–Crippen LogP) is 3.21. The molecule has 0 heterocycles. The molecule has 0 aromatic rings. The normalized spacial score (nSPS) is 15.5. The molecule has 0 aliphatic rings. The van der Waals surface area contributed by atoms with Gasteiger partial charge in [-0.2, -0.15) is 0 Å². The number of hydrogen-bond acceptors (Lipinski definition) is 2. The van der Waals surface area contributed by atoms with Crippen molar-refractivity contribution in [3.8, 4) is 0 Å². The second kappa shape index (κ2) is 6.09. The predicted molar refractivity (Wildman–Crippen MR) is 59.3 cm³/mol. The first-order valence-corrected chi connectivity index (χ1v) is 5.63. The highest BCUT2D eigenvalue weighted by molar-refractivity contribution is 5.77. The molecule has 90 valence electrons. The Kier molecular flexibility index (Phi) is 5.84. The molecule has 3 heteroatoms. The molecule has 0 aliphatic heterocycles. The van der Waals surface area contributed by atoms with E-state index in [9.17, 15) is 9.18 Å². The lowest BCUT2D eigenvalue weighted by Crippen LogP contribution is -2.41. The van der Waals surface area contributed by atoms with Gasteiger partial charge in [-0.3, -0.25) is 4.79 Å². The summed E-state index contributed by atoms with van der Waals surface area (Å²) < 4.78 is 18.2. The Bertz CT molecular complexity index is 202. The van der Waals surface area contributed by atoms with E-state index in [1.807, 2.05) is 27.7 Å². The van der Waals surface area contributed by atoms with Crippen LogP contribution < -0.4 is 0 Å². The molecule has 0 amide bonds. The summed E-state index contributed by atoms with van der Waals surface area (Å²) in [6.07, 6.45) is 0.542. The minimum absolute atomic E-state index is 0.0380. The van der Waals surface area contributed by atoms with Crippen molar-refractivity contribution < 1.29 is 13.9 Å². The Morgan fingerprint density at radius 1 is 1.33 bits per heavy atom. The van der Waals surface area contributed by atoms with Crippen molar-refractivity contribution in [3.05, 3.63) is 0 Å². The first-order chi connectivity index (χ1) is 6.90. The minimum Gasteiger partial charge on any atom is -0.465 e. The fourth-order valence-corrected chi connectivity index (χ4v) is 1.82. The molecule has 1 atom stereocenters. The first-order valence-electron chi connectivity index (χ1n) is 5.63. The van der Waals surface area contributed by atoms with Crippen LogP contribution in [0.25, 0.3) is 0 Å². The summed E-state index contributed by atoms with van der Waals surface area (Å²) >= 11 is 0. The topological polar surface area (TPSA) is 26.3 Å². The highest BCUT2D eigenvalue weighted by Crippen LogP contribution is 2.36. The Morgan fingerprint density at radius 2 is 1.87 bits per heavy atom. The minimum atomic E-state index is -0.954. The van der Waals surface area contributed by atoms with E-state index in [4.69, 9.17) is 4.74 Å². The smallest absolute Gasteiger partial charge is 0.315 e. The number of carbonyl (C=O) groups is 1. The van der Waals surface area contributed by atoms with Gasteiger partial charge in [0.2, 0.25) is 0 Å². The highest BCUT2D eigenvalue weighted by Gasteiger charge is 2.43. The van der Waals surface area contributed by atoms with Crippen LogP contribution in [0.4, 0.5) is 4.39 Å². The lowest BCUT2D eigenvalue weighted by Gasteiger charge is -2.33. The monoisotopic (exact) mass is 218 g/mol. The summed E-state index contributed by atoms with van der Waals surface area (Å²) in [6.45, 7) is 9.15. The molecule has 0 spiro atoms. The van der Waals surface area contributed by atoms with Crippen LogP contribution in [0.5, 0.6) is 0 Å². The molecule has 0 bridgehead atoms. The van der Waals surface area contributed by atoms with Crippen LogP contribution in [0.2, 0.25) is 0 Å². The van der Waals surface area contributed by atoms with E-state index < -0.39 is 18.1 Å². The number of alkyl halides is 1. The third kappa shape index (κ3) is 3.47. The summed E-state index contributed by atoms with van der Waals surface area (Å²) in [7, 11) is 0. The molecular weight excluding hydrogens is 195 g/mol. The van der Waals surface area contributed by atoms with Crippen molar-refractivity contribution in [2.45, 2.75) is 41.0 Å². The van der Waals surface area contributed by atoms with E-state index >= 15 is 0 Å². The van der Waals surface area contributed by atoms with Crippen molar-refractivity contribution in [1.82, 2.24) is 0 Å². The quantitative estimate of drug-likeness (QED) is 0.640. The maximum Gasteiger partial charge on any atom is 0.315 e. The number of hydrogen-bond donors (Lipinski definition) is 0. The van der Waals surface area contributed by atoms with Crippen molar-refractivity contribution >= 4 is 5.97 Å². The van der Waals surface area contributed by atoms with Crippen molar-refractivity contribution in [2.75, 3.05) is 13.3 Å². The van der Waals surface area contributed by atoms with E-state index in [0.29, 0.717) is 13.0 Å². The van der Waals surface area contributed by atoms with Crippen molar-refractivity contribution in [1.29, 1.82) is 0 Å². The molecule has 0 aromatic carbocycles. The van der Waals surface area contributed by atoms with Crippen molar-refractivity contribution in [3.63, 3.8) is 0 Å². The molecule has 0 N–H and O–H groups in total. The van der Waals surface area contributed by atoms with Gasteiger partial charge in [0.05, 0.1) is 12.0 Å². The van der Waals surface area contributed by atoms with Crippen LogP contribution in [0, 0.1) is 17.3 Å². The average molecular weight is 218 g/mol. The fraction of sp³-hybridized carbons (Fsp3) is 0.917. The molecule has 0 saturated heterocycles. The molecule has 0 saturated carbocycles. The number of rotatable bonds is 6. The van der Waals surface area contributed by atoms with E-state index in [2.05, 4.69) is 0 Å². The number of ether oxygens (including phenoxy) is 1. The van der Waals surface area contributed by atoms with Gasteiger partial charge < -0.3 is 4.74 Å². The third-order valence-corrected chi connectivity index (χ3v) is 2.80. The fourth-order valence-electron chi connectivity index (χ4n) is 1.82. The van der Waals surface area contributed by atoms with E-state index in [-0.39, 0.29) is 11.8 Å². The Morgan fingerprint density at radius 3 is 2.13 bits per heavy atom. The summed E-state index contributed by atoms with van der Waals surface area (Å²) in [5, 5.41) is 0. The number of carbonyl (C=O) groups excluding carboxylic acids is 1. The third-order valence-electron chi connectivity index (χ3n) is 2.80. The first kappa shape index (κ1) is 14.4. The second-order valence-corrected chi connectivity index (χ2v) is 4.76. The lowest BCUT2D eigenvalue weighted by molar-refractivity contribution is -0.161. The maximum absolute atomic E-state index is 13.2. The Balaban J connectivity index is 4.88. The average Bonchev–Trinajstić information content (AvgIpc) is 2.13. The van der Waals surface area contributed by atoms with Crippen LogP contribution in [-0.4, -0.2) is 19.3 Å². The number of esters is 1. The zero-order valence-corrected chi connectivity index (χ0v) is 10.5. The molecule has 0 aliphatic carbocycles. The number of halogens is 1. The van der Waals surface area contributed by atoms with Crippen LogP contribution in [-0.2, 0) is 9.53 Å². The van der Waals surface area contributed by atoms with Gasteiger partial charge in [0.15, 0.2) is 0 Å². The SMILES string of the molecule is CCOC(=O)C(CF)(CC(C)C)C(C)C.